The molecule has 4 aliphatic rings. The Hall–Kier alpha value is -5.41. The Morgan fingerprint density at radius 1 is 0.939 bits per heavy atom. The second kappa shape index (κ2) is 13.6. The van der Waals surface area contributed by atoms with E-state index in [1.54, 1.807) is 25.1 Å². The van der Waals surface area contributed by atoms with E-state index in [0.717, 1.165) is 6.08 Å². The number of esters is 1. The van der Waals surface area contributed by atoms with Crippen molar-refractivity contribution in [1.29, 1.82) is 0 Å². The zero-order chi connectivity index (χ0) is 35.0. The number of hydrogen-bond donors (Lipinski definition) is 6. The van der Waals surface area contributed by atoms with Crippen LogP contribution in [0.25, 0.3) is 11.8 Å². The molecular weight excluding hydrogens is 644 g/mol. The molecule has 1 unspecified atom stereocenters. The zero-order valence-corrected chi connectivity index (χ0v) is 26.5. The lowest BCUT2D eigenvalue weighted by atomic mass is 9.89. The Morgan fingerprint density at radius 2 is 1.63 bits per heavy atom. The van der Waals surface area contributed by atoms with Gasteiger partial charge in [0.1, 0.15) is 54.4 Å². The summed E-state index contributed by atoms with van der Waals surface area (Å²) in [6.45, 7) is 1.18. The van der Waals surface area contributed by atoms with E-state index >= 15 is 0 Å². The van der Waals surface area contributed by atoms with Gasteiger partial charge >= 0.3 is 5.97 Å². The fraction of sp³-hybridized carbons (Fsp3) is 0.286. The van der Waals surface area contributed by atoms with E-state index in [2.05, 4.69) is 0 Å². The molecule has 0 spiro atoms. The third-order valence-corrected chi connectivity index (χ3v) is 8.10. The highest BCUT2D eigenvalue weighted by molar-refractivity contribution is 5.87. The number of phenols is 2. The summed E-state index contributed by atoms with van der Waals surface area (Å²) in [5, 5.41) is 63.0. The van der Waals surface area contributed by atoms with Crippen LogP contribution in [0.2, 0.25) is 0 Å². The molecule has 2 aromatic rings. The number of allylic oxidation sites excluding steroid dienone is 3. The van der Waals surface area contributed by atoms with Crippen molar-refractivity contribution in [2.24, 2.45) is 0 Å². The molecule has 6 atom stereocenters. The predicted octanol–water partition coefficient (Wildman–Crippen LogP) is 2.83. The van der Waals surface area contributed by atoms with Crippen LogP contribution in [0, 0.1) is 0 Å². The topological polar surface area (TPSA) is 203 Å². The van der Waals surface area contributed by atoms with Gasteiger partial charge in [-0.1, -0.05) is 12.1 Å². The Labute approximate surface area is 279 Å². The summed E-state index contributed by atoms with van der Waals surface area (Å²) >= 11 is 0. The van der Waals surface area contributed by atoms with Gasteiger partial charge in [0.25, 0.3) is 0 Å². The Kier molecular flexibility index (Phi) is 9.30. The first kappa shape index (κ1) is 33.5. The highest BCUT2D eigenvalue weighted by Gasteiger charge is 2.47. The van der Waals surface area contributed by atoms with Crippen LogP contribution in [-0.4, -0.2) is 94.2 Å². The summed E-state index contributed by atoms with van der Waals surface area (Å²) in [5.41, 5.74) is 1.82. The molecule has 14 heteroatoms. The van der Waals surface area contributed by atoms with Crippen molar-refractivity contribution < 1.29 is 68.6 Å². The van der Waals surface area contributed by atoms with Gasteiger partial charge in [-0.05, 0) is 48.9 Å². The van der Waals surface area contributed by atoms with Crippen LogP contribution in [0.4, 0.5) is 0 Å². The third kappa shape index (κ3) is 6.67. The molecule has 2 aromatic carbocycles. The van der Waals surface area contributed by atoms with Crippen molar-refractivity contribution in [1.82, 2.24) is 0 Å². The van der Waals surface area contributed by atoms with Crippen molar-refractivity contribution in [2.45, 2.75) is 43.7 Å². The first-order valence-electron chi connectivity index (χ1n) is 15.1. The van der Waals surface area contributed by atoms with Crippen molar-refractivity contribution in [3.8, 4) is 23.0 Å². The van der Waals surface area contributed by atoms with Gasteiger partial charge in [-0.15, -0.1) is 0 Å². The monoisotopic (exact) mass is 678 g/mol. The van der Waals surface area contributed by atoms with Crippen LogP contribution in [0.15, 0.2) is 94.9 Å². The van der Waals surface area contributed by atoms with Crippen LogP contribution >= 0.6 is 0 Å². The largest absolute Gasteiger partial charge is 0.508 e. The van der Waals surface area contributed by atoms with Crippen LogP contribution in [0.1, 0.15) is 18.1 Å². The van der Waals surface area contributed by atoms with E-state index in [-0.39, 0.29) is 51.6 Å². The lowest BCUT2D eigenvalue weighted by Gasteiger charge is -2.41. The second-order valence-corrected chi connectivity index (χ2v) is 11.4. The first-order valence-corrected chi connectivity index (χ1v) is 15.1. The van der Waals surface area contributed by atoms with Gasteiger partial charge in [0, 0.05) is 29.4 Å². The molecule has 0 bridgehead atoms. The maximum absolute atomic E-state index is 12.5. The molecule has 6 rings (SSSR count). The van der Waals surface area contributed by atoms with Crippen molar-refractivity contribution in [3.05, 3.63) is 106 Å². The Bertz CT molecular complexity index is 1790. The number of carbonyl (C=O) groups excluding carboxylic acids is 1. The number of hydrogen-bond acceptors (Lipinski definition) is 14. The highest BCUT2D eigenvalue weighted by atomic mass is 16.7. The molecule has 258 valence electrons. The normalized spacial score (nSPS) is 26.1. The fourth-order valence-corrected chi connectivity index (χ4v) is 5.65. The first-order chi connectivity index (χ1) is 23.5. The van der Waals surface area contributed by atoms with Gasteiger partial charge in [0.05, 0.1) is 25.6 Å². The number of aromatic hydroxyl groups is 2. The van der Waals surface area contributed by atoms with Gasteiger partial charge in [-0.25, -0.2) is 4.79 Å². The van der Waals surface area contributed by atoms with Gasteiger partial charge < -0.3 is 63.8 Å². The average Bonchev–Trinajstić information content (AvgIpc) is 3.08. The lowest BCUT2D eigenvalue weighted by molar-refractivity contribution is -0.291. The van der Waals surface area contributed by atoms with Gasteiger partial charge in [0.2, 0.25) is 12.0 Å². The van der Waals surface area contributed by atoms with Crippen LogP contribution in [-0.2, 0) is 28.5 Å². The van der Waals surface area contributed by atoms with Crippen LogP contribution < -0.4 is 9.47 Å². The summed E-state index contributed by atoms with van der Waals surface area (Å²) in [6.07, 6.45) is -1.84. The molecule has 3 heterocycles. The number of carbonyl (C=O) groups is 1. The average molecular weight is 679 g/mol. The number of methoxy groups -OCH3 is 2. The molecule has 0 aromatic heterocycles. The Morgan fingerprint density at radius 3 is 2.31 bits per heavy atom. The van der Waals surface area contributed by atoms with Crippen LogP contribution in [0.3, 0.4) is 0 Å². The minimum atomic E-state index is -1.78. The highest BCUT2D eigenvalue weighted by Crippen LogP contribution is 2.48. The van der Waals surface area contributed by atoms with E-state index in [0.29, 0.717) is 22.5 Å². The smallest absolute Gasteiger partial charge is 0.330 e. The third-order valence-electron chi connectivity index (χ3n) is 8.10. The maximum Gasteiger partial charge on any atom is 0.330 e. The minimum Gasteiger partial charge on any atom is -0.508 e. The number of rotatable bonds is 9. The van der Waals surface area contributed by atoms with Crippen molar-refractivity contribution >= 4 is 17.8 Å². The number of aliphatic hydroxyl groups excluding tert-OH is 4. The lowest BCUT2D eigenvalue weighted by Crippen LogP contribution is -2.59. The number of benzene rings is 2. The molecule has 49 heavy (non-hydrogen) atoms. The molecule has 0 saturated carbocycles. The number of aliphatic hydroxyl groups is 4. The van der Waals surface area contributed by atoms with E-state index in [9.17, 15) is 35.4 Å². The second-order valence-electron chi connectivity index (χ2n) is 11.4. The summed E-state index contributed by atoms with van der Waals surface area (Å²) in [5.74, 6) is -0.318. The molecule has 0 amide bonds. The van der Waals surface area contributed by atoms with Gasteiger partial charge in [0.15, 0.2) is 23.0 Å². The molecular formula is C35H34O14. The standard InChI is InChI=1S/C35H34O14/c1-16-10-21-28-22(46-16)13-20(37)14-23(28)47-33(18-11-24(43-2)29(39)25(12-18)44-3)34(21)49-35-32(42)31(41)30(40)26(48-35)15-45-27(38)9-6-17-4-7-19(36)8-5-17/h4-14,22,26,30-32,35-37,39-42H,15H2,1-3H3/t22?,26-,30-,31+,32-,35+/m1/s1. The fourth-order valence-electron chi connectivity index (χ4n) is 5.65. The SMILES string of the molecule is COc1cc(C2=C(O[C@@H]3O[C@H](COC(=O)C=Cc4ccc(O)cc4)[C@@H](O)[C@H](O)[C@H]3O)C3=C4C(=CC(O)=CC4OC(C)=C3)O2)cc(OC)c1O. The molecule has 3 aliphatic heterocycles. The van der Waals surface area contributed by atoms with E-state index in [1.165, 1.54) is 56.7 Å². The summed E-state index contributed by atoms with van der Waals surface area (Å²) in [7, 11) is 2.70. The van der Waals surface area contributed by atoms with E-state index < -0.39 is 49.4 Å². The summed E-state index contributed by atoms with van der Waals surface area (Å²) in [4.78, 5) is 12.5. The van der Waals surface area contributed by atoms with Crippen LogP contribution in [0.5, 0.6) is 23.0 Å². The maximum atomic E-state index is 12.5. The molecule has 6 N–H and O–H groups in total. The molecule has 1 aliphatic carbocycles. The van der Waals surface area contributed by atoms with E-state index in [1.807, 2.05) is 0 Å². The van der Waals surface area contributed by atoms with Gasteiger partial charge in [-0.2, -0.15) is 0 Å². The number of ether oxygens (including phenoxy) is 7. The molecule has 1 fully saturated rings. The minimum absolute atomic E-state index is 0.00426. The van der Waals surface area contributed by atoms with E-state index in [4.69, 9.17) is 33.2 Å². The predicted molar refractivity (Wildman–Crippen MR) is 170 cm³/mol. The van der Waals surface area contributed by atoms with Gasteiger partial charge in [-0.3, -0.25) is 0 Å². The summed E-state index contributed by atoms with van der Waals surface area (Å²) in [6, 6.07) is 9.01. The number of phenolic OH excluding ortho intramolecular Hbond substituents is 2. The molecule has 1 saturated heterocycles. The zero-order valence-electron chi connectivity index (χ0n) is 26.5. The van der Waals surface area contributed by atoms with Crippen molar-refractivity contribution in [2.75, 3.05) is 20.8 Å². The van der Waals surface area contributed by atoms with Crippen molar-refractivity contribution in [3.63, 3.8) is 0 Å². The Balaban J connectivity index is 1.33. The quantitative estimate of drug-likeness (QED) is 0.167. The molecule has 0 radical (unpaired) electrons. The summed E-state index contributed by atoms with van der Waals surface area (Å²) < 4.78 is 40.3. The molecule has 14 nitrogen and oxygen atoms in total.